The van der Waals surface area contributed by atoms with Crippen LogP contribution in [0.2, 0.25) is 0 Å². The summed E-state index contributed by atoms with van der Waals surface area (Å²) >= 11 is 0. The maximum atomic E-state index is 11.4. The predicted octanol–water partition coefficient (Wildman–Crippen LogP) is 2.79. The zero-order valence-corrected chi connectivity index (χ0v) is 54.2. The zero-order chi connectivity index (χ0) is 64.5. The summed E-state index contributed by atoms with van der Waals surface area (Å²) in [6, 6.07) is 0.00429. The molecule has 0 aromatic carbocycles. The van der Waals surface area contributed by atoms with E-state index in [1.54, 1.807) is 30.7 Å². The summed E-state index contributed by atoms with van der Waals surface area (Å²) < 4.78 is 0. The summed E-state index contributed by atoms with van der Waals surface area (Å²) in [5.41, 5.74) is 0. The average Bonchev–Trinajstić information content (AvgIpc) is 4.44. The van der Waals surface area contributed by atoms with Crippen LogP contribution in [-0.2, 0) is 33.6 Å². The maximum Gasteiger partial charge on any atom is 0.317 e. The lowest BCUT2D eigenvalue weighted by atomic mass is 10.1. The van der Waals surface area contributed by atoms with Gasteiger partial charge in [0.05, 0.1) is 24.7 Å². The Morgan fingerprint density at radius 3 is 1.17 bits per heavy atom. The molecule has 484 valence electrons. The second kappa shape index (κ2) is 46.4. The zero-order valence-electron chi connectivity index (χ0n) is 54.2. The van der Waals surface area contributed by atoms with Crippen molar-refractivity contribution in [3.8, 4) is 0 Å². The smallest absolute Gasteiger partial charge is 0.317 e. The van der Waals surface area contributed by atoms with E-state index >= 15 is 0 Å². The molecule has 0 spiro atoms. The van der Waals surface area contributed by atoms with Crippen molar-refractivity contribution in [3.63, 3.8) is 0 Å². The van der Waals surface area contributed by atoms with Crippen molar-refractivity contribution in [2.24, 2.45) is 47.3 Å². The van der Waals surface area contributed by atoms with Gasteiger partial charge in [-0.3, -0.25) is 33.6 Å². The molecule has 25 nitrogen and oxygen atoms in total. The lowest BCUT2D eigenvalue weighted by molar-refractivity contribution is -0.126. The maximum absolute atomic E-state index is 11.4. The van der Waals surface area contributed by atoms with Crippen LogP contribution in [-0.4, -0.2) is 189 Å². The highest BCUT2D eigenvalue weighted by atomic mass is 16.3. The second-order valence-corrected chi connectivity index (χ2v) is 23.3. The summed E-state index contributed by atoms with van der Waals surface area (Å²) in [5.74, 6) is 1.54. The van der Waals surface area contributed by atoms with Gasteiger partial charge in [0.2, 0.25) is 41.4 Å². The molecule has 25 heteroatoms. The van der Waals surface area contributed by atoms with E-state index in [0.717, 1.165) is 31.8 Å². The molecular formula is C58H115N13O12. The number of nitrogens with zero attached hydrogens (tertiary/aromatic N) is 2. The molecule has 0 aromatic heterocycles. The highest BCUT2D eigenvalue weighted by Gasteiger charge is 2.33. The van der Waals surface area contributed by atoms with Gasteiger partial charge in [-0.2, -0.15) is 0 Å². The van der Waals surface area contributed by atoms with E-state index in [4.69, 9.17) is 10.2 Å². The van der Waals surface area contributed by atoms with Gasteiger partial charge >= 0.3 is 18.1 Å². The molecule has 4 aliphatic rings. The molecule has 2 heterocycles. The summed E-state index contributed by atoms with van der Waals surface area (Å²) in [7, 11) is 1.60. The van der Waals surface area contributed by atoms with Crippen molar-refractivity contribution in [1.29, 1.82) is 0 Å². The Kier molecular flexibility index (Phi) is 45.4. The van der Waals surface area contributed by atoms with Crippen molar-refractivity contribution in [1.82, 2.24) is 68.3 Å². The monoisotopic (exact) mass is 1190 g/mol. The Morgan fingerprint density at radius 2 is 0.843 bits per heavy atom. The molecule has 1 atom stereocenters. The number of carbonyl (C=O) groups is 10. The molecule has 0 radical (unpaired) electrons. The summed E-state index contributed by atoms with van der Waals surface area (Å²) in [6.45, 7) is 39.2. The minimum atomic E-state index is -0.435. The van der Waals surface area contributed by atoms with E-state index < -0.39 is 6.04 Å². The first-order chi connectivity index (χ1) is 38.7. The lowest BCUT2D eigenvalue weighted by Crippen LogP contribution is -2.63. The molecule has 2 aliphatic carbocycles. The standard InChI is InChI=1S/C11H21N3O3.C10H19N3O2.C9H17N3O2.C8H15NO.C7H15NO2.C7H15NO.C6H13NO/c1-7(2)10(16)13-9(6-15)5-12-11(17)14-8-3-4-8;1-4-11-10(15)13-5-8(6-13)12-9(14)7(2)3;1-6(2)8(13)11-7-4-12(5-7)9(14)10-3;1-6(2)8(10)9-5-7-3-4-7;1-6(2)7(10)8-4-3-5-9;1-5(2)7(9)8-6(3)4;1-4-7-6(8)5(2)3/h7-9,15H,3-6H2,1-2H3,(H,13,16)(H2,12,14,17);7-8H,4-6H2,1-3H3,(H,11,15)(H,12,14);6-7H,4-5H2,1-3H3,(H,10,14)(H,11,13);6-7H,3-5H2,1-2H3,(H,9,10);6,9H,3-5H2,1-2H3,(H,8,10);5-6H,1-4H3,(H,8,9);5H,4H2,1-3H3,(H,7,8). The van der Waals surface area contributed by atoms with E-state index in [-0.39, 0.29) is 139 Å². The van der Waals surface area contributed by atoms with Crippen molar-refractivity contribution in [2.75, 3.05) is 79.2 Å². The minimum Gasteiger partial charge on any atom is -0.396 e. The Hall–Kier alpha value is -5.98. The highest BCUT2D eigenvalue weighted by molar-refractivity contribution is 5.82. The number of aliphatic hydroxyl groups is 2. The number of likely N-dealkylation sites (tertiary alicyclic amines) is 2. The topological polar surface area (TPSA) is 350 Å². The number of urea groups is 3. The molecule has 2 saturated heterocycles. The van der Waals surface area contributed by atoms with Gasteiger partial charge in [-0.05, 0) is 65.7 Å². The molecular weight excluding hydrogens is 1070 g/mol. The Morgan fingerprint density at radius 1 is 0.446 bits per heavy atom. The van der Waals surface area contributed by atoms with Gasteiger partial charge in [0.1, 0.15) is 0 Å². The van der Waals surface area contributed by atoms with Gasteiger partial charge < -0.3 is 78.5 Å². The second-order valence-electron chi connectivity index (χ2n) is 23.3. The fourth-order valence-electron chi connectivity index (χ4n) is 5.93. The quantitative estimate of drug-likeness (QED) is 0.0697. The summed E-state index contributed by atoms with van der Waals surface area (Å²) in [5, 5.41) is 47.6. The fraction of sp³-hybridized carbons (Fsp3) is 0.828. The predicted molar refractivity (Wildman–Crippen MR) is 325 cm³/mol. The summed E-state index contributed by atoms with van der Waals surface area (Å²) in [6.07, 6.45) is 5.30. The van der Waals surface area contributed by atoms with Crippen LogP contribution in [0, 0.1) is 47.3 Å². The van der Waals surface area contributed by atoms with Crippen LogP contribution in [0.1, 0.15) is 157 Å². The van der Waals surface area contributed by atoms with Crippen molar-refractivity contribution in [2.45, 2.75) is 187 Å². The van der Waals surface area contributed by atoms with Crippen LogP contribution >= 0.6 is 0 Å². The molecule has 0 aromatic rings. The largest absolute Gasteiger partial charge is 0.396 e. The van der Waals surface area contributed by atoms with E-state index in [0.29, 0.717) is 51.7 Å². The molecule has 13 amide bonds. The molecule has 2 saturated carbocycles. The van der Waals surface area contributed by atoms with Gasteiger partial charge in [0.25, 0.3) is 0 Å². The van der Waals surface area contributed by atoms with E-state index in [1.807, 2.05) is 111 Å². The van der Waals surface area contributed by atoms with E-state index in [1.165, 1.54) is 12.8 Å². The van der Waals surface area contributed by atoms with Crippen LogP contribution in [0.15, 0.2) is 0 Å². The number of aliphatic hydroxyl groups excluding tert-OH is 2. The van der Waals surface area contributed by atoms with Gasteiger partial charge in [-0.1, -0.05) is 96.9 Å². The molecule has 2 aliphatic heterocycles. The number of carbonyl (C=O) groups excluding carboxylic acids is 10. The normalized spacial score (nSPS) is 14.4. The van der Waals surface area contributed by atoms with Crippen molar-refractivity contribution in [3.05, 3.63) is 0 Å². The van der Waals surface area contributed by atoms with Crippen molar-refractivity contribution < 1.29 is 58.2 Å². The van der Waals surface area contributed by atoms with Crippen LogP contribution < -0.4 is 58.5 Å². The minimum absolute atomic E-state index is 0.00326. The molecule has 83 heavy (non-hydrogen) atoms. The number of hydrogen-bond donors (Lipinski definition) is 13. The Labute approximate surface area is 497 Å². The van der Waals surface area contributed by atoms with Gasteiger partial charge in [-0.15, -0.1) is 0 Å². The highest BCUT2D eigenvalue weighted by Crippen LogP contribution is 2.27. The molecule has 0 bridgehead atoms. The van der Waals surface area contributed by atoms with Crippen LogP contribution in [0.25, 0.3) is 0 Å². The number of hydrogen-bond acceptors (Lipinski definition) is 12. The van der Waals surface area contributed by atoms with Gasteiger partial charge in [0, 0.05) is 126 Å². The van der Waals surface area contributed by atoms with E-state index in [2.05, 4.69) is 58.5 Å². The van der Waals surface area contributed by atoms with Crippen molar-refractivity contribution >= 4 is 59.4 Å². The Bertz CT molecular complexity index is 1880. The molecule has 4 fully saturated rings. The van der Waals surface area contributed by atoms with Crippen LogP contribution in [0.5, 0.6) is 0 Å². The Balaban J connectivity index is -0.000000914. The van der Waals surface area contributed by atoms with Gasteiger partial charge in [-0.25, -0.2) is 14.4 Å². The lowest BCUT2D eigenvalue weighted by Gasteiger charge is -2.39. The average molecular weight is 1190 g/mol. The SMILES string of the molecule is CC(C)C(=O)NC(CO)CNC(=O)NC1CC1.CC(C)C(=O)NCC1CC1.CC(C)C(=O)NCCCO.CC(C)NC(=O)C(C)C.CCNC(=O)C(C)C.CCNC(=O)N1CC(NC(=O)C(C)C)C1.CNC(=O)N1CC(NC(=O)C(C)C)C1. The number of rotatable bonds is 22. The van der Waals surface area contributed by atoms with Crippen LogP contribution in [0.3, 0.4) is 0 Å². The third-order valence-corrected chi connectivity index (χ3v) is 11.9. The first-order valence-electron chi connectivity index (χ1n) is 30.0. The third-order valence-electron chi connectivity index (χ3n) is 11.9. The first kappa shape index (κ1) is 81.2. The van der Waals surface area contributed by atoms with Gasteiger partial charge in [0.15, 0.2) is 0 Å². The molecule has 4 rings (SSSR count). The third kappa shape index (κ3) is 44.2. The molecule has 13 N–H and O–H groups in total. The van der Waals surface area contributed by atoms with E-state index in [9.17, 15) is 47.9 Å². The number of amides is 13. The molecule has 1 unspecified atom stereocenters. The number of nitrogens with one attached hydrogen (secondary N) is 11. The van der Waals surface area contributed by atoms with Crippen LogP contribution in [0.4, 0.5) is 14.4 Å². The first-order valence-corrected chi connectivity index (χ1v) is 30.0. The summed E-state index contributed by atoms with van der Waals surface area (Å²) in [4.78, 5) is 114. The fourth-order valence-corrected chi connectivity index (χ4v) is 5.93.